The van der Waals surface area contributed by atoms with Crippen molar-refractivity contribution < 1.29 is 19.4 Å². The van der Waals surface area contributed by atoms with E-state index in [1.807, 2.05) is 30.3 Å². The minimum Gasteiger partial charge on any atom is -0.481 e. The van der Waals surface area contributed by atoms with E-state index in [0.717, 1.165) is 18.4 Å². The van der Waals surface area contributed by atoms with E-state index in [1.165, 1.54) is 7.11 Å². The molecule has 0 aromatic heterocycles. The van der Waals surface area contributed by atoms with Gasteiger partial charge >= 0.3 is 5.97 Å². The number of ether oxygens (including phenoxy) is 1. The zero-order valence-electron chi connectivity index (χ0n) is 13.4. The lowest BCUT2D eigenvalue weighted by Gasteiger charge is -2.26. The molecule has 5 nitrogen and oxygen atoms in total. The van der Waals surface area contributed by atoms with Crippen LogP contribution >= 0.6 is 0 Å². The molecule has 5 heteroatoms. The molecule has 0 spiro atoms. The Hall–Kier alpha value is -1.88. The van der Waals surface area contributed by atoms with E-state index >= 15 is 0 Å². The van der Waals surface area contributed by atoms with E-state index in [4.69, 9.17) is 4.74 Å². The molecular formula is C18H23NO4. The van der Waals surface area contributed by atoms with Crippen molar-refractivity contribution in [1.82, 2.24) is 4.90 Å². The van der Waals surface area contributed by atoms with Crippen LogP contribution < -0.4 is 0 Å². The molecule has 1 saturated heterocycles. The van der Waals surface area contributed by atoms with Crippen molar-refractivity contribution in [2.24, 2.45) is 11.3 Å². The van der Waals surface area contributed by atoms with Crippen molar-refractivity contribution in [2.75, 3.05) is 26.8 Å². The zero-order chi connectivity index (χ0) is 16.4. The predicted molar refractivity (Wildman–Crippen MR) is 85.0 cm³/mol. The van der Waals surface area contributed by atoms with Crippen LogP contribution in [0.1, 0.15) is 30.7 Å². The highest BCUT2D eigenvalue weighted by molar-refractivity contribution is 5.86. The topological polar surface area (TPSA) is 66.8 Å². The molecule has 0 radical (unpaired) electrons. The number of methoxy groups -OCH3 is 1. The molecule has 23 heavy (non-hydrogen) atoms. The Bertz CT molecular complexity index is 584. The van der Waals surface area contributed by atoms with Gasteiger partial charge in [0, 0.05) is 20.2 Å². The van der Waals surface area contributed by atoms with Crippen LogP contribution in [0.3, 0.4) is 0 Å². The maximum Gasteiger partial charge on any atom is 0.313 e. The number of nitrogens with zero attached hydrogens (tertiary/aromatic N) is 1. The molecule has 0 bridgehead atoms. The number of carbonyl (C=O) groups excluding carboxylic acids is 1. The van der Waals surface area contributed by atoms with Crippen molar-refractivity contribution >= 4 is 11.9 Å². The molecule has 1 heterocycles. The number of rotatable bonds is 6. The number of carbonyl (C=O) groups is 2. The number of amides is 1. The summed E-state index contributed by atoms with van der Waals surface area (Å²) >= 11 is 0. The molecule has 2 aliphatic rings. The first-order valence-corrected chi connectivity index (χ1v) is 8.13. The van der Waals surface area contributed by atoms with Crippen molar-refractivity contribution in [3.63, 3.8) is 0 Å². The summed E-state index contributed by atoms with van der Waals surface area (Å²) in [7, 11) is 1.51. The predicted octanol–water partition coefficient (Wildman–Crippen LogP) is 2.13. The quantitative estimate of drug-likeness (QED) is 0.873. The van der Waals surface area contributed by atoms with E-state index in [2.05, 4.69) is 0 Å². The first kappa shape index (κ1) is 16.0. The SMILES string of the molecule is COCC1(C(=O)O)CCN(C(=O)C(c2ccccc2)C2CC2)C1. The molecule has 124 valence electrons. The Balaban J connectivity index is 1.78. The lowest BCUT2D eigenvalue weighted by molar-refractivity contribution is -0.151. The lowest BCUT2D eigenvalue weighted by Crippen LogP contribution is -2.41. The number of aliphatic carboxylic acids is 1. The first-order chi connectivity index (χ1) is 11.1. The molecule has 1 aromatic carbocycles. The minimum atomic E-state index is -0.963. The fourth-order valence-electron chi connectivity index (χ4n) is 3.59. The van der Waals surface area contributed by atoms with Crippen molar-refractivity contribution in [2.45, 2.75) is 25.2 Å². The van der Waals surface area contributed by atoms with Crippen LogP contribution in [0.25, 0.3) is 0 Å². The average molecular weight is 317 g/mol. The summed E-state index contributed by atoms with van der Waals surface area (Å²) < 4.78 is 5.10. The van der Waals surface area contributed by atoms with Crippen LogP contribution in [-0.4, -0.2) is 48.7 Å². The van der Waals surface area contributed by atoms with Gasteiger partial charge in [0.1, 0.15) is 5.41 Å². The third kappa shape index (κ3) is 3.11. The van der Waals surface area contributed by atoms with Crippen LogP contribution in [0, 0.1) is 11.3 Å². The molecule has 1 N–H and O–H groups in total. The first-order valence-electron chi connectivity index (χ1n) is 8.13. The van der Waals surface area contributed by atoms with Crippen molar-refractivity contribution in [1.29, 1.82) is 0 Å². The van der Waals surface area contributed by atoms with Gasteiger partial charge in [-0.2, -0.15) is 0 Å². The van der Waals surface area contributed by atoms with Gasteiger partial charge in [-0.05, 0) is 30.7 Å². The summed E-state index contributed by atoms with van der Waals surface area (Å²) in [6.45, 7) is 0.876. The van der Waals surface area contributed by atoms with Crippen LogP contribution in [0.15, 0.2) is 30.3 Å². The number of carboxylic acid groups (broad SMARTS) is 1. The van der Waals surface area contributed by atoms with Crippen LogP contribution in [0.2, 0.25) is 0 Å². The molecule has 2 atom stereocenters. The summed E-state index contributed by atoms with van der Waals surface area (Å²) in [6.07, 6.45) is 2.59. The van der Waals surface area contributed by atoms with Crippen LogP contribution in [-0.2, 0) is 14.3 Å². The van der Waals surface area contributed by atoms with E-state index in [9.17, 15) is 14.7 Å². The molecule has 1 aliphatic carbocycles. The number of hydrogen-bond acceptors (Lipinski definition) is 3. The average Bonchev–Trinajstić information content (AvgIpc) is 3.27. The Kier molecular flexibility index (Phi) is 4.39. The largest absolute Gasteiger partial charge is 0.481 e. The summed E-state index contributed by atoms with van der Waals surface area (Å²) in [6, 6.07) is 9.85. The van der Waals surface area contributed by atoms with E-state index < -0.39 is 11.4 Å². The van der Waals surface area contributed by atoms with Crippen molar-refractivity contribution in [3.8, 4) is 0 Å². The van der Waals surface area contributed by atoms with E-state index in [1.54, 1.807) is 4.90 Å². The number of carboxylic acids is 1. The van der Waals surface area contributed by atoms with Gasteiger partial charge in [0.25, 0.3) is 0 Å². The summed E-state index contributed by atoms with van der Waals surface area (Å²) in [5.41, 5.74) is 0.0782. The molecule has 1 aromatic rings. The van der Waals surface area contributed by atoms with Gasteiger partial charge in [-0.3, -0.25) is 9.59 Å². The maximum atomic E-state index is 13.0. The highest BCUT2D eigenvalue weighted by Crippen LogP contribution is 2.44. The summed E-state index contributed by atoms with van der Waals surface area (Å²) in [5, 5.41) is 9.55. The molecule has 1 amide bonds. The molecule has 1 aliphatic heterocycles. The highest BCUT2D eigenvalue weighted by atomic mass is 16.5. The Labute approximate surface area is 136 Å². The minimum absolute atomic E-state index is 0.0675. The van der Waals surface area contributed by atoms with Crippen LogP contribution in [0.5, 0.6) is 0 Å². The van der Waals surface area contributed by atoms with E-state index in [0.29, 0.717) is 18.9 Å². The number of likely N-dealkylation sites (tertiary alicyclic amines) is 1. The molecule has 2 fully saturated rings. The number of hydrogen-bond donors (Lipinski definition) is 1. The van der Waals surface area contributed by atoms with Gasteiger partial charge in [-0.1, -0.05) is 30.3 Å². The third-order valence-electron chi connectivity index (χ3n) is 5.06. The van der Waals surface area contributed by atoms with Crippen LogP contribution in [0.4, 0.5) is 0 Å². The Morgan fingerprint density at radius 1 is 1.35 bits per heavy atom. The zero-order valence-corrected chi connectivity index (χ0v) is 13.4. The summed E-state index contributed by atoms with van der Waals surface area (Å²) in [4.78, 5) is 26.4. The fraction of sp³-hybridized carbons (Fsp3) is 0.556. The smallest absolute Gasteiger partial charge is 0.313 e. The third-order valence-corrected chi connectivity index (χ3v) is 5.06. The Morgan fingerprint density at radius 2 is 2.04 bits per heavy atom. The van der Waals surface area contributed by atoms with Gasteiger partial charge in [-0.25, -0.2) is 0 Å². The monoisotopic (exact) mass is 317 g/mol. The number of benzene rings is 1. The van der Waals surface area contributed by atoms with Gasteiger partial charge in [0.2, 0.25) is 5.91 Å². The second kappa shape index (κ2) is 6.32. The van der Waals surface area contributed by atoms with Gasteiger partial charge in [-0.15, -0.1) is 0 Å². The van der Waals surface area contributed by atoms with Crippen molar-refractivity contribution in [3.05, 3.63) is 35.9 Å². The normalized spacial score (nSPS) is 25.3. The van der Waals surface area contributed by atoms with Gasteiger partial charge < -0.3 is 14.7 Å². The molecule has 1 saturated carbocycles. The van der Waals surface area contributed by atoms with E-state index in [-0.39, 0.29) is 25.0 Å². The lowest BCUT2D eigenvalue weighted by atomic mass is 9.88. The fourth-order valence-corrected chi connectivity index (χ4v) is 3.59. The molecule has 3 rings (SSSR count). The summed E-state index contributed by atoms with van der Waals surface area (Å²) in [5.74, 6) is -0.550. The van der Waals surface area contributed by atoms with Gasteiger partial charge in [0.05, 0.1) is 12.5 Å². The molecule has 2 unspecified atom stereocenters. The second-order valence-electron chi connectivity index (χ2n) is 6.75. The molecular weight excluding hydrogens is 294 g/mol. The van der Waals surface area contributed by atoms with Gasteiger partial charge in [0.15, 0.2) is 0 Å². The Morgan fingerprint density at radius 3 is 2.61 bits per heavy atom. The standard InChI is InChI=1S/C18H23NO4/c1-23-12-18(17(21)22)9-10-19(11-18)16(20)15(14-7-8-14)13-5-3-2-4-6-13/h2-6,14-15H,7-12H2,1H3,(H,21,22). The maximum absolute atomic E-state index is 13.0. The highest BCUT2D eigenvalue weighted by Gasteiger charge is 2.49. The second-order valence-corrected chi connectivity index (χ2v) is 6.75.